The first-order chi connectivity index (χ1) is 9.66. The van der Waals surface area contributed by atoms with Crippen molar-refractivity contribution in [3.8, 4) is 5.75 Å². The van der Waals surface area contributed by atoms with E-state index in [1.54, 1.807) is 54.6 Å². The summed E-state index contributed by atoms with van der Waals surface area (Å²) in [5.41, 5.74) is 4.85. The summed E-state index contributed by atoms with van der Waals surface area (Å²) in [6.07, 6.45) is -0.767. The normalized spacial score (nSPS) is 9.65. The highest BCUT2D eigenvalue weighted by Crippen LogP contribution is 2.15. The van der Waals surface area contributed by atoms with Crippen molar-refractivity contribution in [2.24, 2.45) is 0 Å². The molecule has 2 aromatic rings. The van der Waals surface area contributed by atoms with Crippen LogP contribution < -0.4 is 15.6 Å². The lowest BCUT2D eigenvalue weighted by atomic mass is 10.2. The number of hydrogen-bond acceptors (Lipinski definition) is 3. The quantitative estimate of drug-likeness (QED) is 0.830. The molecule has 20 heavy (non-hydrogen) atoms. The number of carbonyl (C=O) groups is 2. The maximum absolute atomic E-state index is 11.8. The van der Waals surface area contributed by atoms with Gasteiger partial charge in [0.1, 0.15) is 5.75 Å². The number of benzene rings is 2. The zero-order chi connectivity index (χ0) is 14.4. The largest absolute Gasteiger partial charge is 0.431 e. The third kappa shape index (κ3) is 3.83. The van der Waals surface area contributed by atoms with Gasteiger partial charge in [-0.15, -0.1) is 0 Å². The van der Waals surface area contributed by atoms with Crippen molar-refractivity contribution in [1.29, 1.82) is 0 Å². The summed E-state index contributed by atoms with van der Waals surface area (Å²) < 4.78 is 5.59. The molecular weight excluding hydrogens is 324 g/mol. The third-order valence-electron chi connectivity index (χ3n) is 2.35. The molecular formula is C14H11BrN2O3. The molecule has 0 aliphatic carbocycles. The molecule has 102 valence electrons. The molecule has 0 aliphatic heterocycles. The highest BCUT2D eigenvalue weighted by atomic mass is 79.9. The molecule has 0 heterocycles. The number of ether oxygens (including phenoxy) is 1. The van der Waals surface area contributed by atoms with Crippen LogP contribution in [0.5, 0.6) is 5.75 Å². The van der Waals surface area contributed by atoms with E-state index >= 15 is 0 Å². The van der Waals surface area contributed by atoms with Crippen molar-refractivity contribution in [3.63, 3.8) is 0 Å². The molecule has 2 aromatic carbocycles. The van der Waals surface area contributed by atoms with Crippen LogP contribution in [0.25, 0.3) is 0 Å². The summed E-state index contributed by atoms with van der Waals surface area (Å²) in [7, 11) is 0. The van der Waals surface area contributed by atoms with Crippen LogP contribution in [0.1, 0.15) is 10.4 Å². The minimum Gasteiger partial charge on any atom is -0.409 e. The van der Waals surface area contributed by atoms with E-state index in [1.807, 2.05) is 0 Å². The maximum Gasteiger partial charge on any atom is 0.431 e. The fourth-order valence-electron chi connectivity index (χ4n) is 1.44. The molecule has 2 rings (SSSR count). The first-order valence-corrected chi connectivity index (χ1v) is 6.54. The fraction of sp³-hybridized carbons (Fsp3) is 0. The Balaban J connectivity index is 1.88. The molecule has 2 N–H and O–H groups in total. The summed E-state index contributed by atoms with van der Waals surface area (Å²) >= 11 is 3.25. The number of carbonyl (C=O) groups excluding carboxylic acids is 2. The second kappa shape index (κ2) is 6.72. The summed E-state index contributed by atoms with van der Waals surface area (Å²) in [5.74, 6) is -0.0531. The predicted molar refractivity (Wildman–Crippen MR) is 77.2 cm³/mol. The van der Waals surface area contributed by atoms with Gasteiger partial charge in [0.2, 0.25) is 0 Å². The number of hydrazine groups is 1. The number of para-hydroxylation sites is 1. The van der Waals surface area contributed by atoms with E-state index in [1.165, 1.54) is 0 Å². The summed E-state index contributed by atoms with van der Waals surface area (Å²) in [6, 6.07) is 15.4. The minimum absolute atomic E-state index is 0.389. The Morgan fingerprint density at radius 1 is 0.900 bits per heavy atom. The van der Waals surface area contributed by atoms with Crippen LogP contribution in [-0.2, 0) is 0 Å². The number of rotatable bonds is 2. The van der Waals surface area contributed by atoms with E-state index in [0.29, 0.717) is 15.8 Å². The molecule has 0 atom stereocenters. The molecule has 0 aliphatic rings. The summed E-state index contributed by atoms with van der Waals surface area (Å²) in [6.45, 7) is 0. The molecule has 0 aromatic heterocycles. The van der Waals surface area contributed by atoms with Crippen molar-refractivity contribution in [1.82, 2.24) is 10.9 Å². The van der Waals surface area contributed by atoms with Gasteiger partial charge >= 0.3 is 6.09 Å². The molecule has 2 amide bonds. The van der Waals surface area contributed by atoms with Gasteiger partial charge in [-0.1, -0.05) is 30.3 Å². The van der Waals surface area contributed by atoms with Crippen LogP contribution in [0, 0.1) is 0 Å². The van der Waals surface area contributed by atoms with Gasteiger partial charge in [-0.3, -0.25) is 10.2 Å². The summed E-state index contributed by atoms with van der Waals surface area (Å²) in [4.78, 5) is 23.3. The Morgan fingerprint density at radius 3 is 2.25 bits per heavy atom. The van der Waals surface area contributed by atoms with Gasteiger partial charge in [0.05, 0.1) is 5.56 Å². The van der Waals surface area contributed by atoms with Gasteiger partial charge in [-0.2, -0.15) is 0 Å². The van der Waals surface area contributed by atoms with Crippen molar-refractivity contribution < 1.29 is 14.3 Å². The average molecular weight is 335 g/mol. The predicted octanol–water partition coefficient (Wildman–Crippen LogP) is 2.88. The van der Waals surface area contributed by atoms with Crippen LogP contribution >= 0.6 is 15.9 Å². The van der Waals surface area contributed by atoms with Crippen molar-refractivity contribution in [3.05, 3.63) is 64.6 Å². The molecule has 0 saturated heterocycles. The van der Waals surface area contributed by atoms with E-state index < -0.39 is 12.0 Å². The Hall–Kier alpha value is -2.34. The first-order valence-electron chi connectivity index (χ1n) is 5.74. The standard InChI is InChI=1S/C14H11BrN2O3/c15-12-9-5-4-8-11(12)13(18)16-17-14(19)20-10-6-2-1-3-7-10/h1-9H,(H,16,18)(H,17,19). The highest BCUT2D eigenvalue weighted by Gasteiger charge is 2.10. The van der Waals surface area contributed by atoms with Gasteiger partial charge < -0.3 is 4.74 Å². The van der Waals surface area contributed by atoms with Crippen molar-refractivity contribution >= 4 is 27.9 Å². The smallest absolute Gasteiger partial charge is 0.409 e. The number of halogens is 1. The Kier molecular flexibility index (Phi) is 4.73. The zero-order valence-electron chi connectivity index (χ0n) is 10.3. The second-order valence-corrected chi connectivity index (χ2v) is 4.62. The third-order valence-corrected chi connectivity index (χ3v) is 3.04. The molecule has 0 fully saturated rings. The second-order valence-electron chi connectivity index (χ2n) is 3.76. The molecule has 5 nitrogen and oxygen atoms in total. The monoisotopic (exact) mass is 334 g/mol. The average Bonchev–Trinajstić information content (AvgIpc) is 2.46. The molecule has 0 radical (unpaired) electrons. The molecule has 0 bridgehead atoms. The van der Waals surface area contributed by atoms with Crippen LogP contribution in [0.2, 0.25) is 0 Å². The van der Waals surface area contributed by atoms with Gasteiger partial charge in [-0.25, -0.2) is 10.2 Å². The van der Waals surface area contributed by atoms with Gasteiger partial charge in [0.15, 0.2) is 0 Å². The Bertz CT molecular complexity index is 617. The van der Waals surface area contributed by atoms with Crippen LogP contribution in [0.3, 0.4) is 0 Å². The van der Waals surface area contributed by atoms with Crippen LogP contribution in [0.15, 0.2) is 59.1 Å². The van der Waals surface area contributed by atoms with Gasteiger partial charge in [0.25, 0.3) is 5.91 Å². The van der Waals surface area contributed by atoms with E-state index in [-0.39, 0.29) is 0 Å². The maximum atomic E-state index is 11.8. The van der Waals surface area contributed by atoms with Crippen LogP contribution in [-0.4, -0.2) is 12.0 Å². The Labute approximate surface area is 124 Å². The van der Waals surface area contributed by atoms with Crippen LogP contribution in [0.4, 0.5) is 4.79 Å². The van der Waals surface area contributed by atoms with Gasteiger partial charge in [-0.05, 0) is 40.2 Å². The molecule has 6 heteroatoms. The highest BCUT2D eigenvalue weighted by molar-refractivity contribution is 9.10. The minimum atomic E-state index is -0.767. The van der Waals surface area contributed by atoms with E-state index in [2.05, 4.69) is 26.8 Å². The SMILES string of the molecule is O=C(NNC(=O)c1ccccc1Br)Oc1ccccc1. The topological polar surface area (TPSA) is 67.4 Å². The van der Waals surface area contributed by atoms with Crippen molar-refractivity contribution in [2.45, 2.75) is 0 Å². The van der Waals surface area contributed by atoms with E-state index in [0.717, 1.165) is 0 Å². The van der Waals surface area contributed by atoms with Gasteiger partial charge in [0, 0.05) is 4.47 Å². The van der Waals surface area contributed by atoms with Crippen molar-refractivity contribution in [2.75, 3.05) is 0 Å². The lowest BCUT2D eigenvalue weighted by Crippen LogP contribution is -2.43. The zero-order valence-corrected chi connectivity index (χ0v) is 11.9. The Morgan fingerprint density at radius 2 is 1.55 bits per heavy atom. The first kappa shape index (κ1) is 14.1. The van der Waals surface area contributed by atoms with E-state index in [9.17, 15) is 9.59 Å². The summed E-state index contributed by atoms with van der Waals surface area (Å²) in [5, 5.41) is 0. The molecule has 0 spiro atoms. The molecule has 0 saturated carbocycles. The van der Waals surface area contributed by atoms with E-state index in [4.69, 9.17) is 4.74 Å². The number of hydrogen-bond donors (Lipinski definition) is 2. The fourth-order valence-corrected chi connectivity index (χ4v) is 1.91. The number of nitrogens with one attached hydrogen (secondary N) is 2. The lowest BCUT2D eigenvalue weighted by molar-refractivity contribution is 0.0928. The number of amides is 2. The molecule has 0 unspecified atom stereocenters. The lowest BCUT2D eigenvalue weighted by Gasteiger charge is -2.08.